The van der Waals surface area contributed by atoms with Crippen LogP contribution in [0.4, 0.5) is 5.82 Å². The van der Waals surface area contributed by atoms with E-state index in [4.69, 9.17) is 5.21 Å². The lowest BCUT2D eigenvalue weighted by Gasteiger charge is -2.40. The summed E-state index contributed by atoms with van der Waals surface area (Å²) in [5.74, 6) is -0.0278. The highest BCUT2D eigenvalue weighted by molar-refractivity contribution is 7.89. The number of hydrogen-bond acceptors (Lipinski definition) is 7. The molecule has 25 heavy (non-hydrogen) atoms. The lowest BCUT2D eigenvalue weighted by Crippen LogP contribution is -2.57. The van der Waals surface area contributed by atoms with Crippen LogP contribution < -0.4 is 15.7 Å². The molecule has 0 spiro atoms. The smallest absolute Gasteiger partial charge is 0.266 e. The van der Waals surface area contributed by atoms with Crippen molar-refractivity contribution in [2.45, 2.75) is 24.1 Å². The molecule has 0 bridgehead atoms. The highest BCUT2D eigenvalue weighted by Gasteiger charge is 2.42. The molecule has 2 aliphatic heterocycles. The van der Waals surface area contributed by atoms with Crippen LogP contribution in [-0.4, -0.2) is 72.8 Å². The van der Waals surface area contributed by atoms with Crippen molar-refractivity contribution in [1.82, 2.24) is 20.1 Å². The highest BCUT2D eigenvalue weighted by Crippen LogP contribution is 2.28. The molecule has 2 atom stereocenters. The van der Waals surface area contributed by atoms with Gasteiger partial charge >= 0.3 is 0 Å². The first-order valence-corrected chi connectivity index (χ1v) is 9.85. The van der Waals surface area contributed by atoms with Gasteiger partial charge in [-0.2, -0.15) is 4.31 Å². The standard InChI is InChI=1S/C15H23N5O4S/c21-15(18-22)13-11-12(25(23,24)19-9-6-16-7-10-19)4-8-20(13)14-3-1-2-5-17-14/h1-3,5,12-13,16,22H,4,6-11H2,(H,18,21). The largest absolute Gasteiger partial charge is 0.344 e. The Hall–Kier alpha value is -1.75. The average molecular weight is 369 g/mol. The van der Waals surface area contributed by atoms with Gasteiger partial charge in [0.25, 0.3) is 5.91 Å². The van der Waals surface area contributed by atoms with Crippen molar-refractivity contribution < 1.29 is 18.4 Å². The molecule has 3 rings (SSSR count). The third-order valence-electron chi connectivity index (χ3n) is 4.77. The topological polar surface area (TPSA) is 115 Å². The summed E-state index contributed by atoms with van der Waals surface area (Å²) in [5, 5.41) is 11.6. The minimum absolute atomic E-state index is 0.120. The van der Waals surface area contributed by atoms with E-state index in [1.54, 1.807) is 34.8 Å². The van der Waals surface area contributed by atoms with Crippen LogP contribution in [-0.2, 0) is 14.8 Å². The van der Waals surface area contributed by atoms with Gasteiger partial charge < -0.3 is 10.2 Å². The van der Waals surface area contributed by atoms with Crippen LogP contribution >= 0.6 is 0 Å². The van der Waals surface area contributed by atoms with E-state index in [0.717, 1.165) is 0 Å². The molecule has 3 N–H and O–H groups in total. The molecule has 2 fully saturated rings. The van der Waals surface area contributed by atoms with E-state index in [-0.39, 0.29) is 6.42 Å². The average Bonchev–Trinajstić information content (AvgIpc) is 2.68. The number of nitrogens with one attached hydrogen (secondary N) is 2. The number of nitrogens with zero attached hydrogens (tertiary/aromatic N) is 3. The van der Waals surface area contributed by atoms with Gasteiger partial charge in [0, 0.05) is 38.9 Å². The van der Waals surface area contributed by atoms with Gasteiger partial charge in [-0.15, -0.1) is 0 Å². The van der Waals surface area contributed by atoms with E-state index in [1.165, 1.54) is 4.31 Å². The monoisotopic (exact) mass is 369 g/mol. The van der Waals surface area contributed by atoms with Crippen LogP contribution in [0.2, 0.25) is 0 Å². The van der Waals surface area contributed by atoms with Crippen molar-refractivity contribution in [3.05, 3.63) is 24.4 Å². The Morgan fingerprint density at radius 2 is 2.04 bits per heavy atom. The third kappa shape index (κ3) is 3.76. The summed E-state index contributed by atoms with van der Waals surface area (Å²) in [4.78, 5) is 18.1. The first-order chi connectivity index (χ1) is 12.0. The fourth-order valence-electron chi connectivity index (χ4n) is 3.43. The fourth-order valence-corrected chi connectivity index (χ4v) is 5.38. The van der Waals surface area contributed by atoms with E-state index in [1.807, 2.05) is 0 Å². The molecule has 0 aromatic carbocycles. The van der Waals surface area contributed by atoms with Crippen molar-refractivity contribution in [2.24, 2.45) is 0 Å². The summed E-state index contributed by atoms with van der Waals surface area (Å²) in [6, 6.07) is 4.56. The van der Waals surface area contributed by atoms with Crippen LogP contribution in [0.3, 0.4) is 0 Å². The number of pyridine rings is 1. The summed E-state index contributed by atoms with van der Waals surface area (Å²) >= 11 is 0. The maximum Gasteiger partial charge on any atom is 0.266 e. The SMILES string of the molecule is O=C(NO)C1CC(S(=O)(=O)N2CCNCC2)CCN1c1ccccn1. The van der Waals surface area contributed by atoms with Gasteiger partial charge in [-0.1, -0.05) is 6.07 Å². The number of piperidine rings is 1. The van der Waals surface area contributed by atoms with Gasteiger partial charge in [0.15, 0.2) is 0 Å². The van der Waals surface area contributed by atoms with Gasteiger partial charge in [0.1, 0.15) is 11.9 Å². The molecule has 10 heteroatoms. The maximum atomic E-state index is 12.9. The van der Waals surface area contributed by atoms with Crippen molar-refractivity contribution in [3.63, 3.8) is 0 Å². The molecule has 0 radical (unpaired) electrons. The molecular weight excluding hydrogens is 346 g/mol. The second-order valence-electron chi connectivity index (χ2n) is 6.21. The van der Waals surface area contributed by atoms with Crippen molar-refractivity contribution >= 4 is 21.7 Å². The summed E-state index contributed by atoms with van der Waals surface area (Å²) in [5.41, 5.74) is 1.66. The number of carbonyl (C=O) groups excluding carboxylic acids is 1. The first-order valence-electron chi connectivity index (χ1n) is 8.35. The molecule has 2 unspecified atom stereocenters. The number of hydrogen-bond donors (Lipinski definition) is 3. The third-order valence-corrected chi connectivity index (χ3v) is 7.12. The molecule has 1 aromatic heterocycles. The first kappa shape index (κ1) is 18.1. The molecule has 2 aliphatic rings. The lowest BCUT2D eigenvalue weighted by molar-refractivity contribution is -0.131. The summed E-state index contributed by atoms with van der Waals surface area (Å²) in [7, 11) is -3.48. The number of anilines is 1. The van der Waals surface area contributed by atoms with E-state index in [2.05, 4.69) is 10.3 Å². The Bertz CT molecular complexity index is 693. The molecular formula is C15H23N5O4S. The predicted octanol–water partition coefficient (Wildman–Crippen LogP) is -0.841. The normalized spacial score (nSPS) is 25.6. The van der Waals surface area contributed by atoms with Crippen LogP contribution in [0.5, 0.6) is 0 Å². The number of aromatic nitrogens is 1. The quantitative estimate of drug-likeness (QED) is 0.468. The second kappa shape index (κ2) is 7.65. The summed E-state index contributed by atoms with van der Waals surface area (Å²) < 4.78 is 27.3. The van der Waals surface area contributed by atoms with Gasteiger partial charge in [0.2, 0.25) is 10.0 Å². The van der Waals surface area contributed by atoms with E-state index >= 15 is 0 Å². The predicted molar refractivity (Wildman–Crippen MR) is 91.7 cm³/mol. The molecule has 0 saturated carbocycles. The minimum atomic E-state index is -3.48. The van der Waals surface area contributed by atoms with Crippen LogP contribution in [0, 0.1) is 0 Å². The van der Waals surface area contributed by atoms with E-state index in [0.29, 0.717) is 45.0 Å². The summed E-state index contributed by atoms with van der Waals surface area (Å²) in [6.45, 7) is 2.53. The second-order valence-corrected chi connectivity index (χ2v) is 8.43. The Morgan fingerprint density at radius 3 is 2.68 bits per heavy atom. The Kier molecular flexibility index (Phi) is 5.52. The minimum Gasteiger partial charge on any atom is -0.344 e. The van der Waals surface area contributed by atoms with Gasteiger partial charge in [-0.25, -0.2) is 18.9 Å². The number of amides is 1. The van der Waals surface area contributed by atoms with Gasteiger partial charge in [-0.3, -0.25) is 10.0 Å². The zero-order chi connectivity index (χ0) is 17.9. The van der Waals surface area contributed by atoms with Crippen molar-refractivity contribution in [1.29, 1.82) is 0 Å². The molecule has 9 nitrogen and oxygen atoms in total. The number of piperazine rings is 1. The van der Waals surface area contributed by atoms with Crippen molar-refractivity contribution in [2.75, 3.05) is 37.6 Å². The maximum absolute atomic E-state index is 12.9. The highest BCUT2D eigenvalue weighted by atomic mass is 32.2. The van der Waals surface area contributed by atoms with Gasteiger partial charge in [0.05, 0.1) is 5.25 Å². The van der Waals surface area contributed by atoms with Crippen LogP contribution in [0.1, 0.15) is 12.8 Å². The zero-order valence-electron chi connectivity index (χ0n) is 13.8. The lowest BCUT2D eigenvalue weighted by atomic mass is 10.0. The van der Waals surface area contributed by atoms with E-state index < -0.39 is 27.2 Å². The van der Waals surface area contributed by atoms with Gasteiger partial charge in [-0.05, 0) is 25.0 Å². The Morgan fingerprint density at radius 1 is 1.28 bits per heavy atom. The van der Waals surface area contributed by atoms with Crippen molar-refractivity contribution in [3.8, 4) is 0 Å². The van der Waals surface area contributed by atoms with E-state index in [9.17, 15) is 13.2 Å². The number of hydroxylamine groups is 1. The van der Waals surface area contributed by atoms with Crippen LogP contribution in [0.25, 0.3) is 0 Å². The molecule has 0 aliphatic carbocycles. The molecule has 1 aromatic rings. The molecule has 1 amide bonds. The van der Waals surface area contributed by atoms with Crippen LogP contribution in [0.15, 0.2) is 24.4 Å². The number of rotatable bonds is 4. The molecule has 3 heterocycles. The summed E-state index contributed by atoms with van der Waals surface area (Å²) in [6.07, 6.45) is 2.15. The number of carbonyl (C=O) groups is 1. The Labute approximate surface area is 147 Å². The molecule has 2 saturated heterocycles. The Balaban J connectivity index is 1.81. The number of sulfonamides is 1. The zero-order valence-corrected chi connectivity index (χ0v) is 14.7. The fraction of sp³-hybridized carbons (Fsp3) is 0.600. The molecule has 138 valence electrons.